The molecule has 3 saturated heterocycles. The number of amides is 2. The average Bonchev–Trinajstić information content (AvgIpc) is 3.12. The summed E-state index contributed by atoms with van der Waals surface area (Å²) in [6.45, 7) is 6.14. The molecule has 3 fully saturated rings. The largest absolute Gasteiger partial charge is 0.342 e. The van der Waals surface area contributed by atoms with E-state index in [1.165, 1.54) is 6.42 Å². The summed E-state index contributed by atoms with van der Waals surface area (Å²) >= 11 is 0. The number of halogens is 2. The molecule has 25 heavy (non-hydrogen) atoms. The standard InChI is InChI=1S/C17H30N4O2.2ClH/c1-19(2)9-10-21-12-14(11-15(21)22)16(23)20-7-4-17(5-8-20)3-6-18-13-17;;/h14,18H,3-13H2,1-2H3;2*1H. The van der Waals surface area contributed by atoms with Gasteiger partial charge in [-0.2, -0.15) is 0 Å². The van der Waals surface area contributed by atoms with E-state index in [2.05, 4.69) is 10.2 Å². The molecule has 6 nitrogen and oxygen atoms in total. The van der Waals surface area contributed by atoms with Crippen molar-refractivity contribution in [1.29, 1.82) is 0 Å². The Balaban J connectivity index is 0.00000156. The van der Waals surface area contributed by atoms with Crippen molar-refractivity contribution in [2.45, 2.75) is 25.7 Å². The van der Waals surface area contributed by atoms with Crippen molar-refractivity contribution in [2.24, 2.45) is 11.3 Å². The van der Waals surface area contributed by atoms with E-state index in [0.29, 0.717) is 18.4 Å². The summed E-state index contributed by atoms with van der Waals surface area (Å²) < 4.78 is 0. The number of hydrogen-bond acceptors (Lipinski definition) is 4. The number of carbonyl (C=O) groups is 2. The molecule has 1 spiro atoms. The van der Waals surface area contributed by atoms with Gasteiger partial charge in [-0.1, -0.05) is 0 Å². The molecule has 3 heterocycles. The molecule has 0 aliphatic carbocycles. The third-order valence-electron chi connectivity index (χ3n) is 5.85. The molecule has 1 atom stereocenters. The van der Waals surface area contributed by atoms with Crippen molar-refractivity contribution in [2.75, 3.05) is 59.9 Å². The van der Waals surface area contributed by atoms with Crippen LogP contribution in [0.4, 0.5) is 0 Å². The van der Waals surface area contributed by atoms with Gasteiger partial charge in [-0.15, -0.1) is 24.8 Å². The lowest BCUT2D eigenvalue weighted by molar-refractivity contribution is -0.138. The second-order valence-electron chi connectivity index (χ2n) is 7.80. The Morgan fingerprint density at radius 2 is 1.92 bits per heavy atom. The van der Waals surface area contributed by atoms with Crippen LogP contribution in [0.5, 0.6) is 0 Å². The summed E-state index contributed by atoms with van der Waals surface area (Å²) in [4.78, 5) is 30.8. The molecular weight excluding hydrogens is 363 g/mol. The van der Waals surface area contributed by atoms with Crippen LogP contribution in [-0.2, 0) is 9.59 Å². The van der Waals surface area contributed by atoms with Crippen LogP contribution in [0.15, 0.2) is 0 Å². The second kappa shape index (κ2) is 9.40. The number of nitrogens with one attached hydrogen (secondary N) is 1. The predicted molar refractivity (Wildman–Crippen MR) is 103 cm³/mol. The van der Waals surface area contributed by atoms with E-state index in [1.807, 2.05) is 23.9 Å². The van der Waals surface area contributed by atoms with Crippen LogP contribution >= 0.6 is 24.8 Å². The second-order valence-corrected chi connectivity index (χ2v) is 7.80. The molecule has 3 rings (SSSR count). The Bertz CT molecular complexity index is 460. The summed E-state index contributed by atoms with van der Waals surface area (Å²) in [5, 5.41) is 3.46. The fraction of sp³-hybridized carbons (Fsp3) is 0.882. The lowest BCUT2D eigenvalue weighted by Gasteiger charge is -2.39. The fourth-order valence-corrected chi connectivity index (χ4v) is 4.16. The first-order valence-corrected chi connectivity index (χ1v) is 8.91. The molecule has 0 saturated carbocycles. The average molecular weight is 395 g/mol. The molecule has 0 aromatic carbocycles. The van der Waals surface area contributed by atoms with E-state index >= 15 is 0 Å². The van der Waals surface area contributed by atoms with Gasteiger partial charge in [0.1, 0.15) is 0 Å². The smallest absolute Gasteiger partial charge is 0.227 e. The molecule has 0 aromatic heterocycles. The first-order chi connectivity index (χ1) is 11.0. The van der Waals surface area contributed by atoms with Crippen LogP contribution in [0.2, 0.25) is 0 Å². The number of hydrogen-bond donors (Lipinski definition) is 1. The van der Waals surface area contributed by atoms with Crippen molar-refractivity contribution in [3.05, 3.63) is 0 Å². The number of carbonyl (C=O) groups excluding carboxylic acids is 2. The molecule has 1 unspecified atom stereocenters. The van der Waals surface area contributed by atoms with E-state index in [9.17, 15) is 9.59 Å². The van der Waals surface area contributed by atoms with Crippen molar-refractivity contribution in [3.8, 4) is 0 Å². The molecule has 0 radical (unpaired) electrons. The maximum absolute atomic E-state index is 12.8. The van der Waals surface area contributed by atoms with E-state index in [4.69, 9.17) is 0 Å². The minimum atomic E-state index is -0.125. The fourth-order valence-electron chi connectivity index (χ4n) is 4.16. The van der Waals surface area contributed by atoms with E-state index in [1.54, 1.807) is 0 Å². The first kappa shape index (κ1) is 22.5. The normalized spacial score (nSPS) is 25.2. The summed E-state index contributed by atoms with van der Waals surface area (Å²) in [6.07, 6.45) is 3.86. The highest BCUT2D eigenvalue weighted by Crippen LogP contribution is 2.37. The Hall–Kier alpha value is -0.560. The van der Waals surface area contributed by atoms with Gasteiger partial charge in [-0.3, -0.25) is 9.59 Å². The molecular formula is C17H32Cl2N4O2. The molecule has 146 valence electrons. The molecule has 3 aliphatic heterocycles. The van der Waals surface area contributed by atoms with Gasteiger partial charge >= 0.3 is 0 Å². The maximum atomic E-state index is 12.8. The zero-order valence-corrected chi connectivity index (χ0v) is 17.0. The Morgan fingerprint density at radius 1 is 1.24 bits per heavy atom. The van der Waals surface area contributed by atoms with Crippen LogP contribution in [-0.4, -0.2) is 86.4 Å². The quantitative estimate of drug-likeness (QED) is 0.767. The maximum Gasteiger partial charge on any atom is 0.227 e. The van der Waals surface area contributed by atoms with E-state index < -0.39 is 0 Å². The van der Waals surface area contributed by atoms with Crippen LogP contribution in [0, 0.1) is 11.3 Å². The van der Waals surface area contributed by atoms with Crippen LogP contribution < -0.4 is 5.32 Å². The minimum absolute atomic E-state index is 0. The van der Waals surface area contributed by atoms with Crippen molar-refractivity contribution in [1.82, 2.24) is 20.0 Å². The van der Waals surface area contributed by atoms with Crippen molar-refractivity contribution in [3.63, 3.8) is 0 Å². The van der Waals surface area contributed by atoms with Gasteiger partial charge in [-0.05, 0) is 45.3 Å². The molecule has 0 bridgehead atoms. The minimum Gasteiger partial charge on any atom is -0.342 e. The van der Waals surface area contributed by atoms with Crippen molar-refractivity contribution >= 4 is 36.6 Å². The molecule has 8 heteroatoms. The van der Waals surface area contributed by atoms with Crippen LogP contribution in [0.1, 0.15) is 25.7 Å². The van der Waals surface area contributed by atoms with Gasteiger partial charge in [0.2, 0.25) is 11.8 Å². The Kier molecular flexibility index (Phi) is 8.45. The monoisotopic (exact) mass is 394 g/mol. The van der Waals surface area contributed by atoms with E-state index in [0.717, 1.165) is 52.1 Å². The number of likely N-dealkylation sites (N-methyl/N-ethyl adjacent to an activating group) is 1. The number of piperidine rings is 1. The number of nitrogens with zero attached hydrogens (tertiary/aromatic N) is 3. The summed E-state index contributed by atoms with van der Waals surface area (Å²) in [5.74, 6) is 0.214. The summed E-state index contributed by atoms with van der Waals surface area (Å²) in [7, 11) is 4.01. The third-order valence-corrected chi connectivity index (χ3v) is 5.85. The highest BCUT2D eigenvalue weighted by molar-refractivity contribution is 5.89. The van der Waals surface area contributed by atoms with Gasteiger partial charge < -0.3 is 20.0 Å². The third kappa shape index (κ3) is 5.22. The van der Waals surface area contributed by atoms with Crippen molar-refractivity contribution < 1.29 is 9.59 Å². The molecule has 0 aromatic rings. The first-order valence-electron chi connectivity index (χ1n) is 8.91. The van der Waals surface area contributed by atoms with Gasteiger partial charge in [0.05, 0.1) is 5.92 Å². The molecule has 3 aliphatic rings. The lowest BCUT2D eigenvalue weighted by Crippen LogP contribution is -2.46. The predicted octanol–water partition coefficient (Wildman–Crippen LogP) is 0.842. The summed E-state index contributed by atoms with van der Waals surface area (Å²) in [5.41, 5.74) is 0.431. The SMILES string of the molecule is CN(C)CCN1CC(C(=O)N2CCC3(CCNC3)CC2)CC1=O.Cl.Cl. The molecule has 2 amide bonds. The van der Waals surface area contributed by atoms with Gasteiger partial charge in [0.25, 0.3) is 0 Å². The Labute approximate surface area is 163 Å². The number of rotatable bonds is 4. The van der Waals surface area contributed by atoms with E-state index in [-0.39, 0.29) is 42.5 Å². The Morgan fingerprint density at radius 3 is 2.48 bits per heavy atom. The zero-order chi connectivity index (χ0) is 16.4. The topological polar surface area (TPSA) is 55.9 Å². The highest BCUT2D eigenvalue weighted by atomic mass is 35.5. The van der Waals surface area contributed by atoms with Crippen LogP contribution in [0.25, 0.3) is 0 Å². The van der Waals surface area contributed by atoms with Gasteiger partial charge in [0, 0.05) is 45.7 Å². The highest BCUT2D eigenvalue weighted by Gasteiger charge is 2.41. The summed E-state index contributed by atoms with van der Waals surface area (Å²) in [6, 6.07) is 0. The van der Waals surface area contributed by atoms with Gasteiger partial charge in [0.15, 0.2) is 0 Å². The molecule has 1 N–H and O–H groups in total. The number of likely N-dealkylation sites (tertiary alicyclic amines) is 2. The van der Waals surface area contributed by atoms with Crippen LogP contribution in [0.3, 0.4) is 0 Å². The lowest BCUT2D eigenvalue weighted by atomic mass is 9.77. The zero-order valence-electron chi connectivity index (χ0n) is 15.3. The van der Waals surface area contributed by atoms with Gasteiger partial charge in [-0.25, -0.2) is 0 Å².